The molecule has 4 atom stereocenters. The van der Waals surface area contributed by atoms with E-state index in [0.717, 1.165) is 12.8 Å². The van der Waals surface area contributed by atoms with Gasteiger partial charge in [0, 0.05) is 49.1 Å². The fourth-order valence-corrected chi connectivity index (χ4v) is 6.72. The number of sulfonamides is 1. The Bertz CT molecular complexity index is 1630. The van der Waals surface area contributed by atoms with Crippen LogP contribution in [0.4, 0.5) is 16.2 Å². The molecule has 1 heterocycles. The maximum absolute atomic E-state index is 14.3. The van der Waals surface area contributed by atoms with Crippen molar-refractivity contribution in [1.82, 2.24) is 9.21 Å². The van der Waals surface area contributed by atoms with Crippen LogP contribution >= 0.6 is 11.6 Å². The molecule has 48 heavy (non-hydrogen) atoms. The highest BCUT2D eigenvalue weighted by molar-refractivity contribution is 7.89. The molecule has 3 N–H and O–H groups in total. The van der Waals surface area contributed by atoms with Crippen molar-refractivity contribution < 1.29 is 32.6 Å². The number of rotatable bonds is 8. The second-order valence-corrected chi connectivity index (χ2v) is 14.7. The van der Waals surface area contributed by atoms with Gasteiger partial charge in [-0.3, -0.25) is 4.79 Å². The number of ether oxygens (including phenoxy) is 2. The van der Waals surface area contributed by atoms with E-state index in [1.807, 2.05) is 32.0 Å². The first-order valence-corrected chi connectivity index (χ1v) is 17.9. The van der Waals surface area contributed by atoms with E-state index in [2.05, 4.69) is 10.6 Å². The first-order chi connectivity index (χ1) is 22.9. The van der Waals surface area contributed by atoms with Crippen LogP contribution in [0, 0.1) is 5.92 Å². The van der Waals surface area contributed by atoms with E-state index in [0.29, 0.717) is 35.2 Å². The van der Waals surface area contributed by atoms with E-state index in [1.165, 1.54) is 35.6 Å². The SMILES string of the molecule is C[C@@H]1CCCCO[C@@H](CN(C)S(=O)(=O)c2ccc(Cl)cc2)[C@@H](C)CN([C@H](C)CO)C(=O)c2cc(NC(=O)Nc3ccccc3)ccc2O1. The number of amides is 3. The Morgan fingerprint density at radius 1 is 1.04 bits per heavy atom. The number of para-hydroxylation sites is 1. The van der Waals surface area contributed by atoms with Crippen LogP contribution in [0.5, 0.6) is 5.75 Å². The van der Waals surface area contributed by atoms with Crippen LogP contribution in [0.15, 0.2) is 77.7 Å². The molecule has 4 rings (SSSR count). The zero-order chi connectivity index (χ0) is 34.8. The molecule has 13 heteroatoms. The van der Waals surface area contributed by atoms with Crippen LogP contribution < -0.4 is 15.4 Å². The van der Waals surface area contributed by atoms with Gasteiger partial charge in [0.2, 0.25) is 10.0 Å². The third-order valence-electron chi connectivity index (χ3n) is 8.30. The average molecular weight is 701 g/mol. The second-order valence-electron chi connectivity index (χ2n) is 12.2. The molecular formula is C35H45ClN4O7S. The Labute approximate surface area is 288 Å². The van der Waals surface area contributed by atoms with E-state index >= 15 is 0 Å². The molecule has 3 aromatic carbocycles. The minimum Gasteiger partial charge on any atom is -0.490 e. The molecule has 3 amide bonds. The molecule has 3 aromatic rings. The summed E-state index contributed by atoms with van der Waals surface area (Å²) >= 11 is 5.98. The summed E-state index contributed by atoms with van der Waals surface area (Å²) in [5.74, 6) is -0.381. The lowest BCUT2D eigenvalue weighted by atomic mass is 10.0. The van der Waals surface area contributed by atoms with Crippen molar-refractivity contribution in [3.8, 4) is 5.75 Å². The van der Waals surface area contributed by atoms with Gasteiger partial charge in [0.15, 0.2) is 0 Å². The van der Waals surface area contributed by atoms with Gasteiger partial charge in [0.25, 0.3) is 5.91 Å². The van der Waals surface area contributed by atoms with Crippen molar-refractivity contribution in [1.29, 1.82) is 0 Å². The first-order valence-electron chi connectivity index (χ1n) is 16.1. The van der Waals surface area contributed by atoms with E-state index < -0.39 is 34.1 Å². The number of carbonyl (C=O) groups excluding carboxylic acids is 2. The largest absolute Gasteiger partial charge is 0.490 e. The lowest BCUT2D eigenvalue weighted by molar-refractivity contribution is -0.00833. The van der Waals surface area contributed by atoms with Crippen LogP contribution in [-0.4, -0.2) is 86.3 Å². The van der Waals surface area contributed by atoms with E-state index in [-0.39, 0.29) is 42.2 Å². The van der Waals surface area contributed by atoms with Gasteiger partial charge in [-0.1, -0.05) is 36.7 Å². The highest BCUT2D eigenvalue weighted by Crippen LogP contribution is 2.29. The highest BCUT2D eigenvalue weighted by atomic mass is 35.5. The van der Waals surface area contributed by atoms with Crippen LogP contribution in [-0.2, 0) is 14.8 Å². The fraction of sp³-hybridized carbons (Fsp3) is 0.429. The molecule has 0 fully saturated rings. The number of aliphatic hydroxyl groups excluding tert-OH is 1. The number of fused-ring (bicyclic) bond motifs is 1. The average Bonchev–Trinajstić information content (AvgIpc) is 3.06. The molecule has 0 saturated heterocycles. The number of carbonyl (C=O) groups is 2. The summed E-state index contributed by atoms with van der Waals surface area (Å²) in [6.45, 7) is 5.85. The molecular weight excluding hydrogens is 656 g/mol. The Morgan fingerprint density at radius 2 is 1.73 bits per heavy atom. The molecule has 0 bridgehead atoms. The molecule has 0 spiro atoms. The lowest BCUT2D eigenvalue weighted by Gasteiger charge is -2.35. The number of halogens is 1. The number of benzene rings is 3. The van der Waals surface area contributed by atoms with Crippen LogP contribution in [0.3, 0.4) is 0 Å². The van der Waals surface area contributed by atoms with Gasteiger partial charge in [-0.25, -0.2) is 13.2 Å². The number of likely N-dealkylation sites (N-methyl/N-ethyl adjacent to an activating group) is 1. The number of nitrogens with one attached hydrogen (secondary N) is 2. The minimum atomic E-state index is -3.85. The summed E-state index contributed by atoms with van der Waals surface area (Å²) in [7, 11) is -2.35. The maximum atomic E-state index is 14.3. The quantitative estimate of drug-likeness (QED) is 0.258. The maximum Gasteiger partial charge on any atom is 0.323 e. The number of hydrogen-bond acceptors (Lipinski definition) is 7. The molecule has 0 aromatic heterocycles. The van der Waals surface area contributed by atoms with Gasteiger partial charge in [-0.15, -0.1) is 0 Å². The molecule has 11 nitrogen and oxygen atoms in total. The van der Waals surface area contributed by atoms with Crippen LogP contribution in [0.25, 0.3) is 0 Å². The standard InChI is InChI=1S/C35H45ClN4O7S/c1-24-21-40(25(2)23-41)34(42)31-20-29(38-35(43)37-28-11-6-5-7-12-28)15-18-32(31)47-26(3)10-8-9-19-46-33(24)22-39(4)48(44,45)30-16-13-27(36)14-17-30/h5-7,11-18,20,24-26,33,41H,8-10,19,21-23H2,1-4H3,(H2,37,38,43)/t24-,25+,26+,33-/m0/s1. The van der Waals surface area contributed by atoms with Gasteiger partial charge in [0.1, 0.15) is 5.75 Å². The van der Waals surface area contributed by atoms with E-state index in [1.54, 1.807) is 42.2 Å². The van der Waals surface area contributed by atoms with Crippen molar-refractivity contribution in [2.75, 3.05) is 44.0 Å². The predicted octanol–water partition coefficient (Wildman–Crippen LogP) is 6.10. The zero-order valence-electron chi connectivity index (χ0n) is 27.8. The zero-order valence-corrected chi connectivity index (χ0v) is 29.3. The third-order valence-corrected chi connectivity index (χ3v) is 10.4. The van der Waals surface area contributed by atoms with E-state index in [9.17, 15) is 23.1 Å². The Hall–Kier alpha value is -3.68. The van der Waals surface area contributed by atoms with Gasteiger partial charge in [-0.2, -0.15) is 4.31 Å². The topological polar surface area (TPSA) is 138 Å². The van der Waals surface area contributed by atoms with Crippen LogP contribution in [0.1, 0.15) is 50.4 Å². The van der Waals surface area contributed by atoms with Crippen molar-refractivity contribution in [2.45, 2.75) is 63.2 Å². The van der Waals surface area contributed by atoms with Gasteiger partial charge in [0.05, 0.1) is 35.3 Å². The Morgan fingerprint density at radius 3 is 2.42 bits per heavy atom. The second kappa shape index (κ2) is 17.1. The number of hydrogen-bond donors (Lipinski definition) is 3. The van der Waals surface area contributed by atoms with Crippen molar-refractivity contribution >= 4 is 44.9 Å². The summed E-state index contributed by atoms with van der Waals surface area (Å²) in [4.78, 5) is 28.8. The third kappa shape index (κ3) is 9.93. The normalized spacial score (nSPS) is 20.3. The van der Waals surface area contributed by atoms with Gasteiger partial charge < -0.3 is 30.1 Å². The smallest absolute Gasteiger partial charge is 0.323 e. The fourth-order valence-electron chi connectivity index (χ4n) is 5.42. The summed E-state index contributed by atoms with van der Waals surface area (Å²) in [5, 5.41) is 16.2. The molecule has 0 saturated carbocycles. The summed E-state index contributed by atoms with van der Waals surface area (Å²) < 4.78 is 40.7. The van der Waals surface area contributed by atoms with Gasteiger partial charge in [-0.05, 0) is 87.7 Å². The van der Waals surface area contributed by atoms with Crippen molar-refractivity contribution in [2.24, 2.45) is 5.92 Å². The highest BCUT2D eigenvalue weighted by Gasteiger charge is 2.32. The molecule has 0 unspecified atom stereocenters. The Balaban J connectivity index is 1.62. The molecule has 260 valence electrons. The molecule has 1 aliphatic heterocycles. The number of aliphatic hydroxyl groups is 1. The Kier molecular flexibility index (Phi) is 13.2. The monoisotopic (exact) mass is 700 g/mol. The molecule has 0 radical (unpaired) electrons. The van der Waals surface area contributed by atoms with Crippen molar-refractivity contribution in [3.63, 3.8) is 0 Å². The number of anilines is 2. The minimum absolute atomic E-state index is 0.0440. The number of urea groups is 1. The van der Waals surface area contributed by atoms with E-state index in [4.69, 9.17) is 21.1 Å². The number of nitrogens with zero attached hydrogens (tertiary/aromatic N) is 2. The predicted molar refractivity (Wildman–Crippen MR) is 187 cm³/mol. The first kappa shape index (κ1) is 37.1. The van der Waals surface area contributed by atoms with Gasteiger partial charge >= 0.3 is 6.03 Å². The lowest BCUT2D eigenvalue weighted by Crippen LogP contribution is -2.48. The van der Waals surface area contributed by atoms with Crippen molar-refractivity contribution in [3.05, 3.63) is 83.4 Å². The molecule has 1 aliphatic rings. The summed E-state index contributed by atoms with van der Waals surface area (Å²) in [5.41, 5.74) is 1.22. The molecule has 0 aliphatic carbocycles. The summed E-state index contributed by atoms with van der Waals surface area (Å²) in [6.07, 6.45) is 1.42. The van der Waals surface area contributed by atoms with Crippen LogP contribution in [0.2, 0.25) is 5.02 Å². The summed E-state index contributed by atoms with van der Waals surface area (Å²) in [6, 6.07) is 18.8.